The fourth-order valence-electron chi connectivity index (χ4n) is 3.62. The summed E-state index contributed by atoms with van der Waals surface area (Å²) in [6, 6.07) is 12.7. The second-order valence-electron chi connectivity index (χ2n) is 7.37. The summed E-state index contributed by atoms with van der Waals surface area (Å²) >= 11 is 0. The van der Waals surface area contributed by atoms with E-state index in [2.05, 4.69) is 15.0 Å². The van der Waals surface area contributed by atoms with Gasteiger partial charge in [-0.05, 0) is 24.6 Å². The highest BCUT2D eigenvalue weighted by Gasteiger charge is 2.28. The Morgan fingerprint density at radius 2 is 1.73 bits per heavy atom. The number of halogens is 2. The number of aromatic nitrogens is 2. The van der Waals surface area contributed by atoms with E-state index in [9.17, 15) is 13.6 Å². The van der Waals surface area contributed by atoms with Crippen LogP contribution in [0.4, 0.5) is 8.78 Å². The average molecular weight is 412 g/mol. The van der Waals surface area contributed by atoms with Crippen LogP contribution in [0.15, 0.2) is 53.1 Å². The zero-order chi connectivity index (χ0) is 21.1. The molecular formula is C22H22F2N4O2. The fourth-order valence-corrected chi connectivity index (χ4v) is 3.62. The Morgan fingerprint density at radius 1 is 1.07 bits per heavy atom. The molecule has 0 aliphatic carbocycles. The van der Waals surface area contributed by atoms with Crippen molar-refractivity contribution in [2.24, 2.45) is 0 Å². The molecule has 0 radical (unpaired) electrons. The molecule has 0 saturated carbocycles. The monoisotopic (exact) mass is 412 g/mol. The van der Waals surface area contributed by atoms with E-state index in [1.807, 2.05) is 37.3 Å². The Bertz CT molecular complexity index is 997. The first-order chi connectivity index (χ1) is 14.5. The van der Waals surface area contributed by atoms with Crippen molar-refractivity contribution >= 4 is 5.91 Å². The first-order valence-electron chi connectivity index (χ1n) is 9.85. The molecule has 156 valence electrons. The molecule has 0 bridgehead atoms. The molecule has 2 heterocycles. The van der Waals surface area contributed by atoms with Crippen LogP contribution in [-0.2, 0) is 6.42 Å². The molecule has 3 aromatic rings. The van der Waals surface area contributed by atoms with E-state index in [1.54, 1.807) is 4.90 Å². The quantitative estimate of drug-likeness (QED) is 0.642. The van der Waals surface area contributed by atoms with Gasteiger partial charge in [0, 0.05) is 44.2 Å². The van der Waals surface area contributed by atoms with Gasteiger partial charge in [0.2, 0.25) is 5.89 Å². The van der Waals surface area contributed by atoms with E-state index >= 15 is 0 Å². The number of hydrogen-bond donors (Lipinski definition) is 0. The molecule has 30 heavy (non-hydrogen) atoms. The first-order valence-corrected chi connectivity index (χ1v) is 9.85. The van der Waals surface area contributed by atoms with Gasteiger partial charge in [-0.2, -0.15) is 4.98 Å². The number of carbonyl (C=O) groups excluding carboxylic acids is 1. The van der Waals surface area contributed by atoms with Crippen LogP contribution >= 0.6 is 0 Å². The van der Waals surface area contributed by atoms with Gasteiger partial charge in [0.05, 0.1) is 6.04 Å². The highest BCUT2D eigenvalue weighted by molar-refractivity contribution is 5.94. The van der Waals surface area contributed by atoms with Gasteiger partial charge in [-0.15, -0.1) is 0 Å². The molecule has 6 nitrogen and oxygen atoms in total. The molecule has 1 fully saturated rings. The Balaban J connectivity index is 1.35. The third-order valence-corrected chi connectivity index (χ3v) is 5.30. The Morgan fingerprint density at radius 3 is 2.40 bits per heavy atom. The average Bonchev–Trinajstić information content (AvgIpc) is 3.21. The molecule has 2 aromatic carbocycles. The lowest BCUT2D eigenvalue weighted by Gasteiger charge is -2.36. The van der Waals surface area contributed by atoms with Gasteiger partial charge in [0.15, 0.2) is 5.82 Å². The van der Waals surface area contributed by atoms with Gasteiger partial charge in [0.1, 0.15) is 11.6 Å². The Labute approximate surface area is 173 Å². The molecule has 1 saturated heterocycles. The topological polar surface area (TPSA) is 62.5 Å². The van der Waals surface area contributed by atoms with Crippen molar-refractivity contribution in [3.8, 4) is 0 Å². The molecular weight excluding hydrogens is 390 g/mol. The van der Waals surface area contributed by atoms with Crippen LogP contribution in [0.2, 0.25) is 0 Å². The maximum absolute atomic E-state index is 13.4. The van der Waals surface area contributed by atoms with Crippen molar-refractivity contribution < 1.29 is 18.1 Å². The highest BCUT2D eigenvalue weighted by Crippen LogP contribution is 2.22. The van der Waals surface area contributed by atoms with Gasteiger partial charge in [-0.25, -0.2) is 8.78 Å². The summed E-state index contributed by atoms with van der Waals surface area (Å²) < 4.78 is 32.3. The van der Waals surface area contributed by atoms with Crippen molar-refractivity contribution in [1.29, 1.82) is 0 Å². The number of amides is 1. The van der Waals surface area contributed by atoms with Crippen LogP contribution in [0, 0.1) is 11.6 Å². The molecule has 1 aromatic heterocycles. The standard InChI is InChI=1S/C22H22F2N4O2/c1-15(21-25-20(26-30-21)11-16-5-3-2-4-6-16)27-7-9-28(10-8-27)22(29)17-12-18(23)14-19(24)13-17/h2-6,12-15H,7-11H2,1H3/t15-/m1/s1. The van der Waals surface area contributed by atoms with Crippen molar-refractivity contribution in [3.05, 3.63) is 83.0 Å². The van der Waals surface area contributed by atoms with Crippen LogP contribution in [0.25, 0.3) is 0 Å². The van der Waals surface area contributed by atoms with Crippen molar-refractivity contribution in [2.45, 2.75) is 19.4 Å². The largest absolute Gasteiger partial charge is 0.338 e. The number of hydrogen-bond acceptors (Lipinski definition) is 5. The second kappa shape index (κ2) is 8.71. The van der Waals surface area contributed by atoms with Gasteiger partial charge in [-0.1, -0.05) is 35.5 Å². The lowest BCUT2D eigenvalue weighted by Crippen LogP contribution is -2.49. The van der Waals surface area contributed by atoms with Crippen LogP contribution in [0.3, 0.4) is 0 Å². The van der Waals surface area contributed by atoms with Crippen LogP contribution in [-0.4, -0.2) is 52.0 Å². The molecule has 1 atom stereocenters. The third kappa shape index (κ3) is 4.54. The third-order valence-electron chi connectivity index (χ3n) is 5.30. The van der Waals surface area contributed by atoms with Crippen molar-refractivity contribution in [2.75, 3.05) is 26.2 Å². The minimum atomic E-state index is -0.756. The van der Waals surface area contributed by atoms with Gasteiger partial charge < -0.3 is 9.42 Å². The summed E-state index contributed by atoms with van der Waals surface area (Å²) in [4.78, 5) is 20.8. The van der Waals surface area contributed by atoms with E-state index in [0.717, 1.165) is 23.8 Å². The minimum absolute atomic E-state index is 0.0245. The van der Waals surface area contributed by atoms with Crippen molar-refractivity contribution in [3.63, 3.8) is 0 Å². The van der Waals surface area contributed by atoms with Crippen LogP contribution < -0.4 is 0 Å². The Kier molecular flexibility index (Phi) is 5.85. The second-order valence-corrected chi connectivity index (χ2v) is 7.37. The molecule has 0 N–H and O–H groups in total. The summed E-state index contributed by atoms with van der Waals surface area (Å²) in [5.74, 6) is -0.719. The maximum Gasteiger partial charge on any atom is 0.254 e. The summed E-state index contributed by atoms with van der Waals surface area (Å²) in [5.41, 5.74) is 1.13. The zero-order valence-corrected chi connectivity index (χ0v) is 16.6. The van der Waals surface area contributed by atoms with E-state index in [4.69, 9.17) is 4.52 Å². The molecule has 8 heteroatoms. The SMILES string of the molecule is C[C@H](c1nc(Cc2ccccc2)no1)N1CCN(C(=O)c2cc(F)cc(F)c2)CC1. The molecule has 1 amide bonds. The molecule has 0 spiro atoms. The van der Waals surface area contributed by atoms with Gasteiger partial charge >= 0.3 is 0 Å². The van der Waals surface area contributed by atoms with E-state index in [1.165, 1.54) is 0 Å². The normalized spacial score (nSPS) is 15.9. The van der Waals surface area contributed by atoms with E-state index < -0.39 is 11.6 Å². The smallest absolute Gasteiger partial charge is 0.254 e. The molecule has 1 aliphatic rings. The number of benzene rings is 2. The van der Waals surface area contributed by atoms with Gasteiger partial charge in [0.25, 0.3) is 5.91 Å². The number of nitrogens with zero attached hydrogens (tertiary/aromatic N) is 4. The number of piperazine rings is 1. The predicted octanol–water partition coefficient (Wildman–Crippen LogP) is 3.46. The van der Waals surface area contributed by atoms with E-state index in [-0.39, 0.29) is 17.5 Å². The van der Waals surface area contributed by atoms with E-state index in [0.29, 0.717) is 44.3 Å². The number of carbonyl (C=O) groups is 1. The first kappa shape index (κ1) is 20.2. The molecule has 1 aliphatic heterocycles. The Hall–Kier alpha value is -3.13. The lowest BCUT2D eigenvalue weighted by atomic mass is 10.1. The van der Waals surface area contributed by atoms with Gasteiger partial charge in [-0.3, -0.25) is 9.69 Å². The van der Waals surface area contributed by atoms with Crippen LogP contribution in [0.5, 0.6) is 0 Å². The molecule has 0 unspecified atom stereocenters. The maximum atomic E-state index is 13.4. The fraction of sp³-hybridized carbons (Fsp3) is 0.318. The zero-order valence-electron chi connectivity index (χ0n) is 16.6. The summed E-state index contributed by atoms with van der Waals surface area (Å²) in [5, 5.41) is 4.08. The van der Waals surface area contributed by atoms with Crippen LogP contribution in [0.1, 0.15) is 40.6 Å². The summed E-state index contributed by atoms with van der Waals surface area (Å²) in [6.07, 6.45) is 0.601. The molecule has 4 rings (SSSR count). The number of rotatable bonds is 5. The minimum Gasteiger partial charge on any atom is -0.338 e. The van der Waals surface area contributed by atoms with Crippen molar-refractivity contribution in [1.82, 2.24) is 19.9 Å². The summed E-state index contributed by atoms with van der Waals surface area (Å²) in [7, 11) is 0. The summed E-state index contributed by atoms with van der Waals surface area (Å²) in [6.45, 7) is 4.08. The predicted molar refractivity (Wildman–Crippen MR) is 106 cm³/mol. The highest BCUT2D eigenvalue weighted by atomic mass is 19.1. The lowest BCUT2D eigenvalue weighted by molar-refractivity contribution is 0.0550.